The fourth-order valence-corrected chi connectivity index (χ4v) is 1.57. The van der Waals surface area contributed by atoms with Gasteiger partial charge in [0.25, 0.3) is 0 Å². The number of ether oxygens (including phenoxy) is 2. The number of carbonyl (C=O) groups is 2. The molecule has 0 aromatic rings. The second-order valence-electron chi connectivity index (χ2n) is 3.59. The molecular formula is C10H16O5. The van der Waals surface area contributed by atoms with Crippen molar-refractivity contribution in [1.29, 1.82) is 0 Å². The average molecular weight is 216 g/mol. The molecule has 0 saturated carbocycles. The number of hydrogen-bond donors (Lipinski definition) is 1. The Morgan fingerprint density at radius 1 is 1.53 bits per heavy atom. The summed E-state index contributed by atoms with van der Waals surface area (Å²) in [5, 5.41) is 8.83. The van der Waals surface area contributed by atoms with Crippen LogP contribution < -0.4 is 0 Å². The van der Waals surface area contributed by atoms with Gasteiger partial charge in [-0.05, 0) is 19.3 Å². The number of carbonyl (C=O) groups excluding carboxylic acids is 2. The quantitative estimate of drug-likeness (QED) is 0.509. The van der Waals surface area contributed by atoms with Crippen LogP contribution in [0.3, 0.4) is 0 Å². The van der Waals surface area contributed by atoms with Crippen LogP contribution in [0.15, 0.2) is 0 Å². The summed E-state index contributed by atoms with van der Waals surface area (Å²) in [4.78, 5) is 21.6. The van der Waals surface area contributed by atoms with Gasteiger partial charge in [-0.3, -0.25) is 9.59 Å². The summed E-state index contributed by atoms with van der Waals surface area (Å²) in [6, 6.07) is 0. The van der Waals surface area contributed by atoms with Gasteiger partial charge in [0.15, 0.2) is 0 Å². The summed E-state index contributed by atoms with van der Waals surface area (Å²) >= 11 is 0. The molecule has 1 aliphatic heterocycles. The Hall–Kier alpha value is -1.10. The molecule has 0 aromatic heterocycles. The zero-order valence-corrected chi connectivity index (χ0v) is 8.77. The van der Waals surface area contributed by atoms with Gasteiger partial charge in [0, 0.05) is 6.42 Å². The highest BCUT2D eigenvalue weighted by molar-refractivity contribution is 5.78. The Labute approximate surface area is 88.4 Å². The molecule has 0 amide bonds. The largest absolute Gasteiger partial charge is 0.469 e. The van der Waals surface area contributed by atoms with Gasteiger partial charge in [0.05, 0.1) is 13.7 Å². The van der Waals surface area contributed by atoms with Gasteiger partial charge in [-0.2, -0.15) is 0 Å². The Kier molecular flexibility index (Phi) is 4.55. The summed E-state index contributed by atoms with van der Waals surface area (Å²) in [5.74, 6) is -0.905. The maximum Gasteiger partial charge on any atom is 0.315 e. The molecule has 1 aliphatic rings. The lowest BCUT2D eigenvalue weighted by Gasteiger charge is -2.33. The van der Waals surface area contributed by atoms with Gasteiger partial charge < -0.3 is 14.6 Å². The molecule has 2 atom stereocenters. The van der Waals surface area contributed by atoms with Crippen molar-refractivity contribution in [2.24, 2.45) is 5.92 Å². The summed E-state index contributed by atoms with van der Waals surface area (Å²) in [7, 11) is 1.36. The van der Waals surface area contributed by atoms with E-state index < -0.39 is 0 Å². The van der Waals surface area contributed by atoms with Crippen LogP contribution in [0.4, 0.5) is 0 Å². The Morgan fingerprint density at radius 3 is 2.80 bits per heavy atom. The van der Waals surface area contributed by atoms with Crippen LogP contribution >= 0.6 is 0 Å². The second kappa shape index (κ2) is 5.70. The van der Waals surface area contributed by atoms with Gasteiger partial charge in [0.2, 0.25) is 0 Å². The highest BCUT2D eigenvalue weighted by Gasteiger charge is 2.41. The van der Waals surface area contributed by atoms with Gasteiger partial charge >= 0.3 is 11.9 Å². The first-order chi connectivity index (χ1) is 7.19. The predicted octanol–water partition coefficient (Wildman–Crippen LogP) is 0.254. The van der Waals surface area contributed by atoms with Crippen molar-refractivity contribution in [2.75, 3.05) is 13.7 Å². The van der Waals surface area contributed by atoms with E-state index in [2.05, 4.69) is 4.74 Å². The van der Waals surface area contributed by atoms with Crippen molar-refractivity contribution >= 4 is 11.9 Å². The van der Waals surface area contributed by atoms with E-state index in [9.17, 15) is 9.59 Å². The van der Waals surface area contributed by atoms with Gasteiger partial charge in [-0.25, -0.2) is 0 Å². The molecule has 0 aliphatic carbocycles. The molecule has 5 heteroatoms. The molecule has 0 aromatic carbocycles. The van der Waals surface area contributed by atoms with E-state index in [0.29, 0.717) is 12.8 Å². The van der Waals surface area contributed by atoms with E-state index >= 15 is 0 Å². The summed E-state index contributed by atoms with van der Waals surface area (Å²) in [6.45, 7) is -0.152. The predicted molar refractivity (Wildman–Crippen MR) is 50.9 cm³/mol. The first-order valence-electron chi connectivity index (χ1n) is 5.07. The highest BCUT2D eigenvalue weighted by atomic mass is 16.6. The number of cyclic esters (lactones) is 1. The number of aliphatic hydroxyl groups is 1. The third-order valence-corrected chi connectivity index (χ3v) is 2.56. The van der Waals surface area contributed by atoms with E-state index in [1.54, 1.807) is 0 Å². The molecule has 0 spiro atoms. The molecule has 1 saturated heterocycles. The summed E-state index contributed by atoms with van der Waals surface area (Å²) in [5.41, 5.74) is 0. The maximum atomic E-state index is 10.8. The molecule has 5 nitrogen and oxygen atoms in total. The molecule has 0 radical (unpaired) electrons. The average Bonchev–Trinajstić information content (AvgIpc) is 2.22. The maximum absolute atomic E-state index is 10.8. The number of rotatable bonds is 6. The lowest BCUT2D eigenvalue weighted by Crippen LogP contribution is -2.47. The zero-order chi connectivity index (χ0) is 11.3. The van der Waals surface area contributed by atoms with Crippen LogP contribution in [0.1, 0.15) is 25.7 Å². The molecule has 0 bridgehead atoms. The van der Waals surface area contributed by atoms with Gasteiger partial charge in [0.1, 0.15) is 12.0 Å². The highest BCUT2D eigenvalue weighted by Crippen LogP contribution is 2.26. The minimum atomic E-state index is -0.358. The van der Waals surface area contributed by atoms with Crippen molar-refractivity contribution < 1.29 is 24.2 Å². The zero-order valence-electron chi connectivity index (χ0n) is 8.77. The van der Waals surface area contributed by atoms with Crippen molar-refractivity contribution in [3.8, 4) is 0 Å². The Morgan fingerprint density at radius 2 is 2.27 bits per heavy atom. The molecule has 15 heavy (non-hydrogen) atoms. The molecule has 1 N–H and O–H groups in total. The molecule has 0 unspecified atom stereocenters. The normalized spacial score (nSPS) is 24.3. The number of unbranched alkanes of at least 4 members (excludes halogenated alkanes) is 1. The van der Waals surface area contributed by atoms with E-state index in [-0.39, 0.29) is 30.6 Å². The lowest BCUT2D eigenvalue weighted by atomic mass is 9.93. The van der Waals surface area contributed by atoms with Crippen LogP contribution in [-0.2, 0) is 19.1 Å². The first-order valence-corrected chi connectivity index (χ1v) is 5.07. The molecule has 1 fully saturated rings. The molecular weight excluding hydrogens is 200 g/mol. The van der Waals surface area contributed by atoms with Crippen LogP contribution in [0.2, 0.25) is 0 Å². The minimum absolute atomic E-state index is 0.152. The van der Waals surface area contributed by atoms with E-state index in [1.165, 1.54) is 7.11 Å². The number of hydrogen-bond acceptors (Lipinski definition) is 5. The number of methoxy groups -OCH3 is 1. The molecule has 1 heterocycles. The SMILES string of the molecule is COC(=O)CCCC[C@H]1OC(=O)[C@@H]1CO. The Bertz CT molecular complexity index is 238. The number of esters is 2. The number of aliphatic hydroxyl groups excluding tert-OH is 1. The summed E-state index contributed by atoms with van der Waals surface area (Å²) in [6.07, 6.45) is 2.44. The smallest absolute Gasteiger partial charge is 0.315 e. The van der Waals surface area contributed by atoms with Crippen molar-refractivity contribution in [2.45, 2.75) is 31.8 Å². The Balaban J connectivity index is 2.06. The van der Waals surface area contributed by atoms with Crippen molar-refractivity contribution in [3.05, 3.63) is 0 Å². The minimum Gasteiger partial charge on any atom is -0.469 e. The first kappa shape index (κ1) is 12.0. The third kappa shape index (κ3) is 3.20. The second-order valence-corrected chi connectivity index (χ2v) is 3.59. The van der Waals surface area contributed by atoms with Crippen LogP contribution in [-0.4, -0.2) is 36.9 Å². The monoisotopic (exact) mass is 216 g/mol. The van der Waals surface area contributed by atoms with Gasteiger partial charge in [-0.1, -0.05) is 0 Å². The fraction of sp³-hybridized carbons (Fsp3) is 0.800. The van der Waals surface area contributed by atoms with Crippen molar-refractivity contribution in [1.82, 2.24) is 0 Å². The van der Waals surface area contributed by atoms with Crippen LogP contribution in [0.5, 0.6) is 0 Å². The van der Waals surface area contributed by atoms with Crippen LogP contribution in [0, 0.1) is 5.92 Å². The molecule has 86 valence electrons. The van der Waals surface area contributed by atoms with E-state index in [1.807, 2.05) is 0 Å². The van der Waals surface area contributed by atoms with E-state index in [0.717, 1.165) is 12.8 Å². The van der Waals surface area contributed by atoms with Crippen molar-refractivity contribution in [3.63, 3.8) is 0 Å². The van der Waals surface area contributed by atoms with Crippen LogP contribution in [0.25, 0.3) is 0 Å². The topological polar surface area (TPSA) is 72.8 Å². The molecule has 1 rings (SSSR count). The van der Waals surface area contributed by atoms with E-state index in [4.69, 9.17) is 9.84 Å². The fourth-order valence-electron chi connectivity index (χ4n) is 1.57. The summed E-state index contributed by atoms with van der Waals surface area (Å²) < 4.78 is 9.35. The standard InChI is InChI=1S/C10H16O5/c1-14-9(12)5-3-2-4-8-7(6-11)10(13)15-8/h7-8,11H,2-6H2,1H3/t7-,8-/m1/s1. The third-order valence-electron chi connectivity index (χ3n) is 2.56. The van der Waals surface area contributed by atoms with Gasteiger partial charge in [-0.15, -0.1) is 0 Å². The lowest BCUT2D eigenvalue weighted by molar-refractivity contribution is -0.189.